The first kappa shape index (κ1) is 20.4. The number of aliphatic hydroxyl groups is 1. The zero-order chi connectivity index (χ0) is 20.6. The van der Waals surface area contributed by atoms with Gasteiger partial charge >= 0.3 is 0 Å². The summed E-state index contributed by atoms with van der Waals surface area (Å²) in [4.78, 5) is 25.3. The van der Waals surface area contributed by atoms with Gasteiger partial charge in [0.15, 0.2) is 0 Å². The van der Waals surface area contributed by atoms with Crippen LogP contribution in [-0.2, 0) is 11.3 Å². The summed E-state index contributed by atoms with van der Waals surface area (Å²) in [6.45, 7) is 3.16. The standard InChI is InChI=1S/C23H25N3O3/c1-2-26-16-18(19-11-6-7-12-21(19)26)15-20(23(29)24-13-8-14-27)25-22(28)17-9-4-3-5-10-17/h3-7,9-12,15-16,27H,2,8,13-14H2,1H3,(H,24,29)(H,25,28)/b20-15-. The predicted molar refractivity (Wildman–Crippen MR) is 114 cm³/mol. The Kier molecular flexibility index (Phi) is 6.81. The van der Waals surface area contributed by atoms with E-state index in [4.69, 9.17) is 5.11 Å². The summed E-state index contributed by atoms with van der Waals surface area (Å²) in [5.41, 5.74) is 2.55. The number of hydrogen-bond acceptors (Lipinski definition) is 3. The van der Waals surface area contributed by atoms with Gasteiger partial charge in [-0.05, 0) is 37.6 Å². The molecule has 0 radical (unpaired) electrons. The van der Waals surface area contributed by atoms with E-state index >= 15 is 0 Å². The third-order valence-corrected chi connectivity index (χ3v) is 4.61. The van der Waals surface area contributed by atoms with Gasteiger partial charge in [0, 0.05) is 47.9 Å². The largest absolute Gasteiger partial charge is 0.396 e. The minimum absolute atomic E-state index is 0.0142. The highest BCUT2D eigenvalue weighted by Crippen LogP contribution is 2.23. The molecule has 2 amide bonds. The molecule has 0 aliphatic carbocycles. The van der Waals surface area contributed by atoms with Gasteiger partial charge in [-0.2, -0.15) is 0 Å². The van der Waals surface area contributed by atoms with Crippen LogP contribution in [0.25, 0.3) is 17.0 Å². The maximum absolute atomic E-state index is 12.7. The highest BCUT2D eigenvalue weighted by Gasteiger charge is 2.16. The fraction of sp³-hybridized carbons (Fsp3) is 0.217. The maximum atomic E-state index is 12.7. The average Bonchev–Trinajstić information content (AvgIpc) is 3.11. The lowest BCUT2D eigenvalue weighted by atomic mass is 10.1. The molecule has 1 aromatic heterocycles. The summed E-state index contributed by atoms with van der Waals surface area (Å²) < 4.78 is 2.10. The number of fused-ring (bicyclic) bond motifs is 1. The Balaban J connectivity index is 1.96. The molecule has 0 aliphatic rings. The van der Waals surface area contributed by atoms with E-state index in [1.54, 1.807) is 30.3 Å². The number of aromatic nitrogens is 1. The van der Waals surface area contributed by atoms with Gasteiger partial charge in [-0.1, -0.05) is 36.4 Å². The molecule has 0 spiro atoms. The van der Waals surface area contributed by atoms with Crippen molar-refractivity contribution in [3.63, 3.8) is 0 Å². The summed E-state index contributed by atoms with van der Waals surface area (Å²) in [5, 5.41) is 15.4. The number of benzene rings is 2. The second-order valence-corrected chi connectivity index (χ2v) is 6.60. The molecule has 0 fully saturated rings. The number of nitrogens with one attached hydrogen (secondary N) is 2. The fourth-order valence-electron chi connectivity index (χ4n) is 3.13. The SMILES string of the molecule is CCn1cc(/C=C(\NC(=O)c2ccccc2)C(=O)NCCCO)c2ccccc21. The molecule has 0 aliphatic heterocycles. The van der Waals surface area contributed by atoms with E-state index in [-0.39, 0.29) is 18.2 Å². The van der Waals surface area contributed by atoms with Gasteiger partial charge in [0.05, 0.1) is 0 Å². The number of aryl methyl sites for hydroxylation is 1. The van der Waals surface area contributed by atoms with Crippen molar-refractivity contribution >= 4 is 28.8 Å². The smallest absolute Gasteiger partial charge is 0.267 e. The highest BCUT2D eigenvalue weighted by molar-refractivity contribution is 6.06. The van der Waals surface area contributed by atoms with Gasteiger partial charge in [0.25, 0.3) is 11.8 Å². The van der Waals surface area contributed by atoms with Crippen LogP contribution in [0.2, 0.25) is 0 Å². The lowest BCUT2D eigenvalue weighted by Crippen LogP contribution is -2.35. The number of carbonyl (C=O) groups excluding carboxylic acids is 2. The van der Waals surface area contributed by atoms with Crippen LogP contribution in [0.1, 0.15) is 29.3 Å². The minimum Gasteiger partial charge on any atom is -0.396 e. The number of carbonyl (C=O) groups is 2. The molecule has 6 nitrogen and oxygen atoms in total. The quantitative estimate of drug-likeness (QED) is 0.408. The Morgan fingerprint density at radius 3 is 2.52 bits per heavy atom. The Morgan fingerprint density at radius 2 is 1.79 bits per heavy atom. The normalized spacial score (nSPS) is 11.4. The lowest BCUT2D eigenvalue weighted by molar-refractivity contribution is -0.117. The lowest BCUT2D eigenvalue weighted by Gasteiger charge is -2.11. The average molecular weight is 391 g/mol. The molecule has 29 heavy (non-hydrogen) atoms. The van der Waals surface area contributed by atoms with Gasteiger partial charge in [-0.25, -0.2) is 0 Å². The molecule has 3 N–H and O–H groups in total. The first-order valence-electron chi connectivity index (χ1n) is 9.69. The van der Waals surface area contributed by atoms with E-state index in [1.807, 2.05) is 36.5 Å². The summed E-state index contributed by atoms with van der Waals surface area (Å²) >= 11 is 0. The van der Waals surface area contributed by atoms with Gasteiger partial charge in [-0.3, -0.25) is 9.59 Å². The van der Waals surface area contributed by atoms with Crippen LogP contribution in [0, 0.1) is 0 Å². The first-order chi connectivity index (χ1) is 14.1. The van der Waals surface area contributed by atoms with Crippen molar-refractivity contribution < 1.29 is 14.7 Å². The molecular weight excluding hydrogens is 366 g/mol. The van der Waals surface area contributed by atoms with Crippen LogP contribution in [0.15, 0.2) is 66.5 Å². The van der Waals surface area contributed by atoms with Gasteiger partial charge in [-0.15, -0.1) is 0 Å². The van der Waals surface area contributed by atoms with Crippen LogP contribution in [0.4, 0.5) is 0 Å². The van der Waals surface area contributed by atoms with Crippen molar-refractivity contribution in [3.8, 4) is 0 Å². The maximum Gasteiger partial charge on any atom is 0.267 e. The molecule has 0 bridgehead atoms. The Bertz CT molecular complexity index is 1020. The van der Waals surface area contributed by atoms with Crippen LogP contribution in [0.5, 0.6) is 0 Å². The van der Waals surface area contributed by atoms with Crippen LogP contribution in [-0.4, -0.2) is 34.6 Å². The molecule has 0 unspecified atom stereocenters. The molecule has 3 rings (SSSR count). The third kappa shape index (κ3) is 4.92. The van der Waals surface area contributed by atoms with Gasteiger partial charge in [0.1, 0.15) is 5.70 Å². The van der Waals surface area contributed by atoms with Crippen molar-refractivity contribution in [1.82, 2.24) is 15.2 Å². The van der Waals surface area contributed by atoms with Crippen molar-refractivity contribution in [2.75, 3.05) is 13.2 Å². The van der Waals surface area contributed by atoms with Crippen LogP contribution < -0.4 is 10.6 Å². The predicted octanol–water partition coefficient (Wildman–Crippen LogP) is 2.93. The Morgan fingerprint density at radius 1 is 1.07 bits per heavy atom. The molecular formula is C23H25N3O3. The molecule has 150 valence electrons. The fourth-order valence-corrected chi connectivity index (χ4v) is 3.13. The van der Waals surface area contributed by atoms with E-state index in [9.17, 15) is 9.59 Å². The van der Waals surface area contributed by atoms with Crippen molar-refractivity contribution in [2.45, 2.75) is 19.9 Å². The van der Waals surface area contributed by atoms with Gasteiger partial charge in [0.2, 0.25) is 0 Å². The monoisotopic (exact) mass is 391 g/mol. The van der Waals surface area contributed by atoms with E-state index < -0.39 is 5.91 Å². The zero-order valence-electron chi connectivity index (χ0n) is 16.4. The molecule has 1 heterocycles. The second kappa shape index (κ2) is 9.71. The van der Waals surface area contributed by atoms with Crippen molar-refractivity contribution in [1.29, 1.82) is 0 Å². The second-order valence-electron chi connectivity index (χ2n) is 6.60. The number of rotatable bonds is 8. The minimum atomic E-state index is -0.393. The van der Waals surface area contributed by atoms with Gasteiger partial charge < -0.3 is 20.3 Å². The highest BCUT2D eigenvalue weighted by atomic mass is 16.3. The number of hydrogen-bond donors (Lipinski definition) is 3. The van der Waals surface area contributed by atoms with Crippen molar-refractivity contribution in [3.05, 3.63) is 77.6 Å². The molecule has 0 atom stereocenters. The Labute approximate surface area is 169 Å². The molecule has 6 heteroatoms. The summed E-state index contributed by atoms with van der Waals surface area (Å²) in [7, 11) is 0. The van der Waals surface area contributed by atoms with Crippen LogP contribution >= 0.6 is 0 Å². The van der Waals surface area contributed by atoms with Crippen LogP contribution in [0.3, 0.4) is 0 Å². The van der Waals surface area contributed by atoms with E-state index in [1.165, 1.54) is 0 Å². The summed E-state index contributed by atoms with van der Waals surface area (Å²) in [6.07, 6.45) is 4.12. The van der Waals surface area contributed by atoms with Crippen molar-refractivity contribution in [2.24, 2.45) is 0 Å². The van der Waals surface area contributed by atoms with E-state index in [2.05, 4.69) is 22.1 Å². The Hall–Kier alpha value is -3.38. The number of nitrogens with zero attached hydrogens (tertiary/aromatic N) is 1. The summed E-state index contributed by atoms with van der Waals surface area (Å²) in [6, 6.07) is 16.7. The number of aliphatic hydroxyl groups excluding tert-OH is 1. The first-order valence-corrected chi connectivity index (χ1v) is 9.69. The molecule has 0 saturated carbocycles. The van der Waals surface area contributed by atoms with E-state index in [0.717, 1.165) is 23.0 Å². The number of para-hydroxylation sites is 1. The third-order valence-electron chi connectivity index (χ3n) is 4.61. The zero-order valence-corrected chi connectivity index (χ0v) is 16.4. The molecule has 0 saturated heterocycles. The topological polar surface area (TPSA) is 83.4 Å². The molecule has 2 aromatic carbocycles. The number of amides is 2. The van der Waals surface area contributed by atoms with E-state index in [0.29, 0.717) is 18.5 Å². The summed E-state index contributed by atoms with van der Waals surface area (Å²) in [5.74, 6) is -0.746. The molecule has 3 aromatic rings.